The summed E-state index contributed by atoms with van der Waals surface area (Å²) in [6.45, 7) is 2.16. The lowest BCUT2D eigenvalue weighted by molar-refractivity contribution is 0.102. The summed E-state index contributed by atoms with van der Waals surface area (Å²) in [5.41, 5.74) is -0.262. The number of rotatable bonds is 4. The van der Waals surface area contributed by atoms with E-state index in [4.69, 9.17) is 0 Å². The molecule has 0 aromatic heterocycles. The van der Waals surface area contributed by atoms with Crippen LogP contribution in [0.15, 0.2) is 36.4 Å². The van der Waals surface area contributed by atoms with Crippen LogP contribution in [-0.4, -0.2) is 12.5 Å². The van der Waals surface area contributed by atoms with Gasteiger partial charge in [0.25, 0.3) is 5.91 Å². The van der Waals surface area contributed by atoms with Crippen LogP contribution < -0.4 is 10.6 Å². The fraction of sp³-hybridized carbons (Fsp3) is 0.133. The zero-order valence-corrected chi connectivity index (χ0v) is 11.2. The second-order valence-corrected chi connectivity index (χ2v) is 4.27. The SMILES string of the molecule is CCNc1c(F)cccc1C(=O)Nc1cc(F)ccc1F. The van der Waals surface area contributed by atoms with E-state index in [1.165, 1.54) is 18.2 Å². The number of hydrogen-bond acceptors (Lipinski definition) is 2. The molecule has 0 radical (unpaired) electrons. The first-order valence-electron chi connectivity index (χ1n) is 6.31. The van der Waals surface area contributed by atoms with Crippen LogP contribution in [0.25, 0.3) is 0 Å². The summed E-state index contributed by atoms with van der Waals surface area (Å²) < 4.78 is 40.3. The van der Waals surface area contributed by atoms with E-state index in [1.54, 1.807) is 6.92 Å². The van der Waals surface area contributed by atoms with Crippen molar-refractivity contribution in [3.63, 3.8) is 0 Å². The fourth-order valence-electron chi connectivity index (χ4n) is 1.85. The Morgan fingerprint density at radius 2 is 1.86 bits per heavy atom. The van der Waals surface area contributed by atoms with Gasteiger partial charge in [-0.3, -0.25) is 4.79 Å². The monoisotopic (exact) mass is 294 g/mol. The maximum absolute atomic E-state index is 13.7. The molecule has 0 fully saturated rings. The number of nitrogens with one attached hydrogen (secondary N) is 2. The minimum absolute atomic E-state index is 0.0144. The predicted molar refractivity (Wildman–Crippen MR) is 74.9 cm³/mol. The third kappa shape index (κ3) is 3.34. The van der Waals surface area contributed by atoms with Crippen molar-refractivity contribution in [3.05, 3.63) is 59.4 Å². The number of halogens is 3. The Morgan fingerprint density at radius 3 is 2.57 bits per heavy atom. The number of hydrogen-bond donors (Lipinski definition) is 2. The first kappa shape index (κ1) is 14.9. The Labute approximate surface area is 119 Å². The van der Waals surface area contributed by atoms with E-state index < -0.39 is 23.4 Å². The molecule has 2 N–H and O–H groups in total. The number of amides is 1. The second-order valence-electron chi connectivity index (χ2n) is 4.27. The molecule has 0 atom stereocenters. The molecule has 0 aliphatic heterocycles. The van der Waals surface area contributed by atoms with Crippen molar-refractivity contribution in [2.24, 2.45) is 0 Å². The van der Waals surface area contributed by atoms with Crippen LogP contribution in [-0.2, 0) is 0 Å². The van der Waals surface area contributed by atoms with Crippen LogP contribution in [0.5, 0.6) is 0 Å². The van der Waals surface area contributed by atoms with Crippen molar-refractivity contribution < 1.29 is 18.0 Å². The van der Waals surface area contributed by atoms with Gasteiger partial charge in [0.15, 0.2) is 0 Å². The quantitative estimate of drug-likeness (QED) is 0.900. The van der Waals surface area contributed by atoms with Crippen LogP contribution in [0.3, 0.4) is 0 Å². The summed E-state index contributed by atoms with van der Waals surface area (Å²) in [5, 5.41) is 4.97. The highest BCUT2D eigenvalue weighted by molar-refractivity contribution is 6.08. The molecular weight excluding hydrogens is 281 g/mol. The largest absolute Gasteiger partial charge is 0.382 e. The van der Waals surface area contributed by atoms with Gasteiger partial charge in [0.1, 0.15) is 17.5 Å². The van der Waals surface area contributed by atoms with Gasteiger partial charge < -0.3 is 10.6 Å². The molecule has 0 aliphatic rings. The van der Waals surface area contributed by atoms with Crippen molar-refractivity contribution in [2.75, 3.05) is 17.2 Å². The van der Waals surface area contributed by atoms with Crippen molar-refractivity contribution in [2.45, 2.75) is 6.92 Å². The van der Waals surface area contributed by atoms with Crippen LogP contribution in [0.2, 0.25) is 0 Å². The van der Waals surface area contributed by atoms with Gasteiger partial charge in [-0.05, 0) is 31.2 Å². The highest BCUT2D eigenvalue weighted by atomic mass is 19.1. The number of benzene rings is 2. The number of carbonyl (C=O) groups excluding carboxylic acids is 1. The Kier molecular flexibility index (Phi) is 4.47. The van der Waals surface area contributed by atoms with Gasteiger partial charge in [-0.15, -0.1) is 0 Å². The second kappa shape index (κ2) is 6.30. The van der Waals surface area contributed by atoms with Crippen molar-refractivity contribution in [1.82, 2.24) is 0 Å². The lowest BCUT2D eigenvalue weighted by Gasteiger charge is -2.12. The van der Waals surface area contributed by atoms with E-state index in [-0.39, 0.29) is 16.9 Å². The predicted octanol–water partition coefficient (Wildman–Crippen LogP) is 3.79. The Bertz CT molecular complexity index is 674. The molecule has 0 unspecified atom stereocenters. The molecule has 1 amide bonds. The van der Waals surface area contributed by atoms with Gasteiger partial charge in [-0.2, -0.15) is 0 Å². The number of carbonyl (C=O) groups is 1. The first-order chi connectivity index (χ1) is 10.0. The molecule has 0 bridgehead atoms. The summed E-state index contributed by atoms with van der Waals surface area (Å²) in [5.74, 6) is -2.77. The van der Waals surface area contributed by atoms with Crippen LogP contribution in [0.1, 0.15) is 17.3 Å². The minimum atomic E-state index is -0.772. The number of anilines is 2. The van der Waals surface area contributed by atoms with E-state index in [1.807, 2.05) is 0 Å². The van der Waals surface area contributed by atoms with E-state index in [2.05, 4.69) is 10.6 Å². The van der Waals surface area contributed by atoms with Crippen LogP contribution in [0.4, 0.5) is 24.5 Å². The van der Waals surface area contributed by atoms with Gasteiger partial charge in [0.05, 0.1) is 16.9 Å². The molecule has 2 aromatic carbocycles. The third-order valence-electron chi connectivity index (χ3n) is 2.79. The molecule has 0 spiro atoms. The highest BCUT2D eigenvalue weighted by Gasteiger charge is 2.16. The normalized spacial score (nSPS) is 10.3. The lowest BCUT2D eigenvalue weighted by atomic mass is 10.1. The first-order valence-corrected chi connectivity index (χ1v) is 6.31. The molecule has 0 aliphatic carbocycles. The summed E-state index contributed by atoms with van der Waals surface area (Å²) in [7, 11) is 0. The molecular formula is C15H13F3N2O. The van der Waals surface area contributed by atoms with Crippen molar-refractivity contribution in [3.8, 4) is 0 Å². The van der Waals surface area contributed by atoms with Crippen LogP contribution in [0, 0.1) is 17.5 Å². The third-order valence-corrected chi connectivity index (χ3v) is 2.79. The summed E-state index contributed by atoms with van der Waals surface area (Å²) in [6, 6.07) is 6.68. The average molecular weight is 294 g/mol. The molecule has 2 aromatic rings. The summed E-state index contributed by atoms with van der Waals surface area (Å²) in [6.07, 6.45) is 0. The van der Waals surface area contributed by atoms with E-state index in [9.17, 15) is 18.0 Å². The van der Waals surface area contributed by atoms with Gasteiger partial charge >= 0.3 is 0 Å². The molecule has 0 saturated carbocycles. The fourth-order valence-corrected chi connectivity index (χ4v) is 1.85. The average Bonchev–Trinajstić information content (AvgIpc) is 2.45. The standard InChI is InChI=1S/C15H13F3N2O/c1-2-19-14-10(4-3-5-12(14)18)15(21)20-13-8-9(16)6-7-11(13)17/h3-8,19H,2H2,1H3,(H,20,21). The lowest BCUT2D eigenvalue weighted by Crippen LogP contribution is -2.16. The molecule has 110 valence electrons. The van der Waals surface area contributed by atoms with Crippen molar-refractivity contribution in [1.29, 1.82) is 0 Å². The molecule has 2 rings (SSSR count). The van der Waals surface area contributed by atoms with Gasteiger partial charge in [-0.1, -0.05) is 6.07 Å². The maximum atomic E-state index is 13.7. The summed E-state index contributed by atoms with van der Waals surface area (Å²) in [4.78, 5) is 12.1. The van der Waals surface area contributed by atoms with Gasteiger partial charge in [0, 0.05) is 12.6 Å². The van der Waals surface area contributed by atoms with Gasteiger partial charge in [0.2, 0.25) is 0 Å². The van der Waals surface area contributed by atoms with Crippen LogP contribution >= 0.6 is 0 Å². The Balaban J connectivity index is 2.32. The zero-order chi connectivity index (χ0) is 15.4. The Hall–Kier alpha value is -2.50. The smallest absolute Gasteiger partial charge is 0.257 e. The van der Waals surface area contributed by atoms with E-state index in [0.717, 1.165) is 18.2 Å². The topological polar surface area (TPSA) is 41.1 Å². The summed E-state index contributed by atoms with van der Waals surface area (Å²) >= 11 is 0. The minimum Gasteiger partial charge on any atom is -0.382 e. The van der Waals surface area contributed by atoms with Crippen molar-refractivity contribution >= 4 is 17.3 Å². The molecule has 21 heavy (non-hydrogen) atoms. The molecule has 6 heteroatoms. The van der Waals surface area contributed by atoms with E-state index >= 15 is 0 Å². The number of para-hydroxylation sites is 1. The zero-order valence-electron chi connectivity index (χ0n) is 11.2. The highest BCUT2D eigenvalue weighted by Crippen LogP contribution is 2.22. The maximum Gasteiger partial charge on any atom is 0.257 e. The molecule has 3 nitrogen and oxygen atoms in total. The van der Waals surface area contributed by atoms with Gasteiger partial charge in [-0.25, -0.2) is 13.2 Å². The Morgan fingerprint density at radius 1 is 1.10 bits per heavy atom. The molecule has 0 heterocycles. The van der Waals surface area contributed by atoms with E-state index in [0.29, 0.717) is 6.54 Å². The molecule has 0 saturated heterocycles.